The van der Waals surface area contributed by atoms with Crippen LogP contribution in [-0.4, -0.2) is 46.4 Å². The van der Waals surface area contributed by atoms with Crippen molar-refractivity contribution in [2.24, 2.45) is 5.73 Å². The Morgan fingerprint density at radius 1 is 1.25 bits per heavy atom. The van der Waals surface area contributed by atoms with E-state index in [-0.39, 0.29) is 6.42 Å². The Hall–Kier alpha value is -1.71. The maximum Gasteiger partial charge on any atom is 0.429 e. The third-order valence-electron chi connectivity index (χ3n) is 2.94. The number of hydrogen-bond acceptors (Lipinski definition) is 7. The third-order valence-corrected chi connectivity index (χ3v) is 2.94. The van der Waals surface area contributed by atoms with Gasteiger partial charge in [0, 0.05) is 6.42 Å². The number of rotatable bonds is 7. The molecule has 1 aliphatic heterocycles. The summed E-state index contributed by atoms with van der Waals surface area (Å²) in [5.74, 6) is -1.43. The van der Waals surface area contributed by atoms with Crippen LogP contribution in [0.2, 0.25) is 0 Å². The van der Waals surface area contributed by atoms with Gasteiger partial charge < -0.3 is 15.3 Å². The molecule has 0 aromatic heterocycles. The van der Waals surface area contributed by atoms with Crippen molar-refractivity contribution in [2.75, 3.05) is 0 Å². The van der Waals surface area contributed by atoms with Gasteiger partial charge in [0.15, 0.2) is 0 Å². The lowest BCUT2D eigenvalue weighted by Gasteiger charge is -2.31. The van der Waals surface area contributed by atoms with Gasteiger partial charge >= 0.3 is 6.09 Å². The average molecular weight is 346 g/mol. The Morgan fingerprint density at radius 2 is 1.83 bits per heavy atom. The van der Waals surface area contributed by atoms with E-state index in [0.29, 0.717) is 11.5 Å². The fourth-order valence-corrected chi connectivity index (χ4v) is 2.17. The number of carbonyl (C=O) groups excluding carboxylic acids is 3. The van der Waals surface area contributed by atoms with Crippen LogP contribution >= 0.6 is 0 Å². The number of amides is 3. The lowest BCUT2D eigenvalue weighted by Crippen LogP contribution is -2.39. The average Bonchev–Trinajstić information content (AvgIpc) is 2.62. The number of nitrogens with two attached hydrogens (primary N) is 1. The van der Waals surface area contributed by atoms with Crippen LogP contribution < -0.4 is 5.73 Å². The maximum atomic E-state index is 12.0. The minimum Gasteiger partial charge on any atom is -0.365 e. The molecule has 2 atom stereocenters. The van der Waals surface area contributed by atoms with Gasteiger partial charge in [-0.3, -0.25) is 9.59 Å². The largest absolute Gasteiger partial charge is 0.429 e. The zero-order valence-corrected chi connectivity index (χ0v) is 15.0. The number of carbonyl (C=O) groups is 3. The lowest BCUT2D eigenvalue weighted by molar-refractivity contribution is -0.400. The smallest absolute Gasteiger partial charge is 0.365 e. The summed E-state index contributed by atoms with van der Waals surface area (Å²) in [6, 6.07) is 0. The normalized spacial score (nSPS) is 20.4. The van der Waals surface area contributed by atoms with E-state index in [1.54, 1.807) is 6.92 Å². The van der Waals surface area contributed by atoms with E-state index in [9.17, 15) is 14.4 Å². The molecule has 2 N–H and O–H groups in total. The van der Waals surface area contributed by atoms with Crippen molar-refractivity contribution in [3.8, 4) is 0 Å². The number of hydroxylamine groups is 2. The van der Waals surface area contributed by atoms with Crippen molar-refractivity contribution in [2.45, 2.75) is 77.8 Å². The van der Waals surface area contributed by atoms with Crippen LogP contribution in [0.25, 0.3) is 0 Å². The van der Waals surface area contributed by atoms with Crippen molar-refractivity contribution < 1.29 is 33.7 Å². The highest BCUT2D eigenvalue weighted by Gasteiger charge is 2.43. The maximum absolute atomic E-state index is 12.0. The molecule has 2 unspecified atom stereocenters. The van der Waals surface area contributed by atoms with E-state index in [2.05, 4.69) is 4.84 Å². The summed E-state index contributed by atoms with van der Waals surface area (Å²) >= 11 is 0. The number of imide groups is 1. The van der Waals surface area contributed by atoms with Crippen LogP contribution in [0.4, 0.5) is 4.79 Å². The minimum absolute atomic E-state index is 0.212. The van der Waals surface area contributed by atoms with E-state index in [4.69, 9.17) is 20.2 Å². The van der Waals surface area contributed by atoms with Gasteiger partial charge in [0.2, 0.25) is 0 Å². The Morgan fingerprint density at radius 3 is 2.33 bits per heavy atom. The number of ether oxygens (including phenoxy) is 1. The van der Waals surface area contributed by atoms with Crippen LogP contribution in [0.1, 0.15) is 54.4 Å². The van der Waals surface area contributed by atoms with Gasteiger partial charge in [0.25, 0.3) is 11.8 Å². The van der Waals surface area contributed by atoms with Crippen LogP contribution in [0.3, 0.4) is 0 Å². The molecule has 0 aromatic rings. The summed E-state index contributed by atoms with van der Waals surface area (Å²) in [4.78, 5) is 49.5. The fraction of sp³-hybridized carbons (Fsp3) is 0.800. The van der Waals surface area contributed by atoms with E-state index < -0.39 is 41.3 Å². The molecule has 0 aliphatic carbocycles. The molecule has 3 amide bonds. The summed E-state index contributed by atoms with van der Waals surface area (Å²) in [5, 5.41) is 0.337. The number of hydrogen-bond donors (Lipinski definition) is 1. The molecule has 0 radical (unpaired) electrons. The fourth-order valence-electron chi connectivity index (χ4n) is 2.17. The topological polar surface area (TPSA) is 117 Å². The monoisotopic (exact) mass is 346 g/mol. The molecule has 0 saturated carbocycles. The summed E-state index contributed by atoms with van der Waals surface area (Å²) in [5.41, 5.74) is 3.70. The molecule has 9 heteroatoms. The zero-order valence-electron chi connectivity index (χ0n) is 15.0. The van der Waals surface area contributed by atoms with Gasteiger partial charge in [0.1, 0.15) is 11.7 Å². The molecule has 24 heavy (non-hydrogen) atoms. The molecule has 0 bridgehead atoms. The first kappa shape index (κ1) is 20.3. The van der Waals surface area contributed by atoms with Gasteiger partial charge in [-0.1, -0.05) is 5.06 Å². The van der Waals surface area contributed by atoms with Crippen molar-refractivity contribution in [3.63, 3.8) is 0 Å². The highest BCUT2D eigenvalue weighted by molar-refractivity contribution is 6.04. The van der Waals surface area contributed by atoms with E-state index in [0.717, 1.165) is 0 Å². The standard InChI is InChI=1S/C15H26N2O7/c1-9(8-15(5,6)24-23-14(2,3)4)21-10-7-11(18)17(12(10)19)22-13(16)20/h9-10H,7-8H2,1-6H3,(H2,16,20). The second-order valence-electron chi connectivity index (χ2n) is 7.32. The van der Waals surface area contributed by atoms with Crippen LogP contribution in [0, 0.1) is 0 Å². The molecule has 1 saturated heterocycles. The van der Waals surface area contributed by atoms with E-state index in [1.165, 1.54) is 0 Å². The van der Waals surface area contributed by atoms with Crippen molar-refractivity contribution in [1.29, 1.82) is 0 Å². The predicted molar refractivity (Wildman–Crippen MR) is 82.1 cm³/mol. The Balaban J connectivity index is 2.56. The second kappa shape index (κ2) is 7.45. The molecule has 0 spiro atoms. The van der Waals surface area contributed by atoms with Crippen LogP contribution in [0.15, 0.2) is 0 Å². The summed E-state index contributed by atoms with van der Waals surface area (Å²) in [6.07, 6.45) is -2.46. The molecular weight excluding hydrogens is 320 g/mol. The van der Waals surface area contributed by atoms with Gasteiger partial charge in [0.05, 0.1) is 18.1 Å². The molecule has 1 fully saturated rings. The van der Waals surface area contributed by atoms with Gasteiger partial charge in [-0.15, -0.1) is 0 Å². The molecular formula is C15H26N2O7. The molecule has 138 valence electrons. The molecule has 1 aliphatic rings. The Kier molecular flexibility index (Phi) is 6.32. The molecule has 9 nitrogen and oxygen atoms in total. The minimum atomic E-state index is -1.24. The van der Waals surface area contributed by atoms with Crippen molar-refractivity contribution >= 4 is 17.9 Å². The molecule has 1 rings (SSSR count). The third kappa shape index (κ3) is 6.42. The first-order valence-corrected chi connectivity index (χ1v) is 7.67. The summed E-state index contributed by atoms with van der Waals surface area (Å²) in [6.45, 7) is 11.0. The first-order chi connectivity index (χ1) is 10.8. The lowest BCUT2D eigenvalue weighted by atomic mass is 10.0. The van der Waals surface area contributed by atoms with E-state index in [1.807, 2.05) is 34.6 Å². The van der Waals surface area contributed by atoms with Crippen molar-refractivity contribution in [1.82, 2.24) is 5.06 Å². The predicted octanol–water partition coefficient (Wildman–Crippen LogP) is 1.44. The van der Waals surface area contributed by atoms with E-state index >= 15 is 0 Å². The highest BCUT2D eigenvalue weighted by atomic mass is 17.2. The highest BCUT2D eigenvalue weighted by Crippen LogP contribution is 2.25. The molecule has 0 aromatic carbocycles. The Labute approximate surface area is 141 Å². The Bertz CT molecular complexity index is 499. The van der Waals surface area contributed by atoms with Crippen molar-refractivity contribution in [3.05, 3.63) is 0 Å². The number of nitrogens with zero attached hydrogens (tertiary/aromatic N) is 1. The zero-order chi connectivity index (χ0) is 18.7. The number of primary amides is 1. The van der Waals surface area contributed by atoms with Crippen LogP contribution in [-0.2, 0) is 28.9 Å². The van der Waals surface area contributed by atoms with Gasteiger partial charge in [-0.25, -0.2) is 14.6 Å². The SMILES string of the molecule is CC(CC(C)(C)OOC(C)(C)C)OC1CC(=O)N(OC(N)=O)C1=O. The quantitative estimate of drug-likeness (QED) is 0.421. The van der Waals surface area contributed by atoms with Gasteiger partial charge in [-0.2, -0.15) is 0 Å². The van der Waals surface area contributed by atoms with Gasteiger partial charge in [-0.05, 0) is 41.5 Å². The second-order valence-corrected chi connectivity index (χ2v) is 7.32. The van der Waals surface area contributed by atoms with Crippen LogP contribution in [0.5, 0.6) is 0 Å². The molecule has 1 heterocycles. The first-order valence-electron chi connectivity index (χ1n) is 7.67. The summed E-state index contributed by atoms with van der Waals surface area (Å²) in [7, 11) is 0. The summed E-state index contributed by atoms with van der Waals surface area (Å²) < 4.78 is 5.59.